The number of hydrogen-bond acceptors (Lipinski definition) is 4. The van der Waals surface area contributed by atoms with Crippen molar-refractivity contribution in [3.8, 4) is 0 Å². The summed E-state index contributed by atoms with van der Waals surface area (Å²) >= 11 is 0. The number of hydrogen-bond donors (Lipinski definition) is 2. The molecule has 2 saturated heterocycles. The number of carbonyl (C=O) groups is 1. The zero-order valence-electron chi connectivity index (χ0n) is 11.9. The number of pyridine rings is 1. The Morgan fingerprint density at radius 3 is 2.90 bits per heavy atom. The molecule has 0 aliphatic carbocycles. The molecule has 114 valence electrons. The lowest BCUT2D eigenvalue weighted by molar-refractivity contribution is -0.139. The van der Waals surface area contributed by atoms with Gasteiger partial charge in [-0.15, -0.1) is 0 Å². The Balaban J connectivity index is 1.64. The molecule has 6 nitrogen and oxygen atoms in total. The van der Waals surface area contributed by atoms with E-state index < -0.39 is 0 Å². The predicted molar refractivity (Wildman–Crippen MR) is 76.3 cm³/mol. The van der Waals surface area contributed by atoms with Crippen LogP contribution in [0.1, 0.15) is 36.0 Å². The average Bonchev–Trinajstić information content (AvgIpc) is 2.48. The van der Waals surface area contributed by atoms with E-state index >= 15 is 0 Å². The van der Waals surface area contributed by atoms with Crippen LogP contribution in [0, 0.1) is 0 Å². The molecule has 6 heteroatoms. The molecule has 1 aromatic heterocycles. The Morgan fingerprint density at radius 2 is 2.14 bits per heavy atom. The van der Waals surface area contributed by atoms with E-state index in [2.05, 4.69) is 10.3 Å². The third-order valence-corrected chi connectivity index (χ3v) is 4.27. The summed E-state index contributed by atoms with van der Waals surface area (Å²) in [4.78, 5) is 26.0. The molecular weight excluding hydrogens is 272 g/mol. The van der Waals surface area contributed by atoms with E-state index in [1.54, 1.807) is 6.07 Å². The predicted octanol–water partition coefficient (Wildman–Crippen LogP) is 0.833. The number of carbonyl (C=O) groups excluding carboxylic acids is 1. The number of ether oxygens (including phenoxy) is 2. The Morgan fingerprint density at radius 1 is 1.33 bits per heavy atom. The van der Waals surface area contributed by atoms with E-state index in [9.17, 15) is 9.59 Å². The van der Waals surface area contributed by atoms with Crippen LogP contribution in [0.4, 0.5) is 0 Å². The molecule has 1 atom stereocenters. The molecule has 3 rings (SSSR count). The molecule has 0 bridgehead atoms. The second-order valence-corrected chi connectivity index (χ2v) is 5.75. The van der Waals surface area contributed by atoms with Crippen molar-refractivity contribution in [1.82, 2.24) is 10.3 Å². The lowest BCUT2D eigenvalue weighted by atomic mass is 9.84. The summed E-state index contributed by atoms with van der Waals surface area (Å²) in [6.07, 6.45) is 4.86. The standard InChI is InChI=1S/C15H20N2O4/c18-13-9-11(1-5-16-13)14(19)17-12-2-6-21-15(10-12)3-7-20-8-4-15/h1,5,9,12H,2-4,6-8,10H2,(H,16,18)(H,17,19). The van der Waals surface area contributed by atoms with E-state index in [1.807, 2.05) is 0 Å². The average molecular weight is 292 g/mol. The SMILES string of the molecule is O=C(NC1CCOC2(CCOCC2)C1)c1cc[nH]c(=O)c1. The number of H-pyrrole nitrogens is 1. The fourth-order valence-electron chi connectivity index (χ4n) is 3.10. The summed E-state index contributed by atoms with van der Waals surface area (Å²) in [5, 5.41) is 3.02. The zero-order valence-corrected chi connectivity index (χ0v) is 11.9. The van der Waals surface area contributed by atoms with E-state index in [4.69, 9.17) is 9.47 Å². The van der Waals surface area contributed by atoms with Gasteiger partial charge in [0.25, 0.3) is 5.91 Å². The van der Waals surface area contributed by atoms with Gasteiger partial charge in [-0.25, -0.2) is 0 Å². The normalized spacial score (nSPS) is 24.7. The van der Waals surface area contributed by atoms with Gasteiger partial charge in [-0.2, -0.15) is 0 Å². The number of nitrogens with one attached hydrogen (secondary N) is 2. The van der Waals surface area contributed by atoms with Crippen LogP contribution in [0.5, 0.6) is 0 Å². The largest absolute Gasteiger partial charge is 0.381 e. The summed E-state index contributed by atoms with van der Waals surface area (Å²) in [5.74, 6) is -0.199. The maximum atomic E-state index is 12.2. The van der Waals surface area contributed by atoms with Crippen molar-refractivity contribution in [3.05, 3.63) is 34.2 Å². The molecule has 2 fully saturated rings. The van der Waals surface area contributed by atoms with Gasteiger partial charge >= 0.3 is 0 Å². The number of aromatic amines is 1. The number of aromatic nitrogens is 1. The minimum Gasteiger partial charge on any atom is -0.381 e. The molecule has 2 aliphatic heterocycles. The van der Waals surface area contributed by atoms with Gasteiger partial charge in [0.2, 0.25) is 5.56 Å². The van der Waals surface area contributed by atoms with Gasteiger partial charge in [0.1, 0.15) is 0 Å². The third kappa shape index (κ3) is 3.33. The monoisotopic (exact) mass is 292 g/mol. The molecule has 0 saturated carbocycles. The number of rotatable bonds is 2. The Hall–Kier alpha value is -1.66. The second kappa shape index (κ2) is 5.99. The first-order valence-corrected chi connectivity index (χ1v) is 7.38. The van der Waals surface area contributed by atoms with Gasteiger partial charge < -0.3 is 19.8 Å². The van der Waals surface area contributed by atoms with Crippen molar-refractivity contribution in [2.24, 2.45) is 0 Å². The van der Waals surface area contributed by atoms with Crippen LogP contribution in [0.25, 0.3) is 0 Å². The molecule has 2 aliphatic rings. The van der Waals surface area contributed by atoms with Crippen LogP contribution < -0.4 is 10.9 Å². The zero-order chi connectivity index (χ0) is 14.7. The first-order chi connectivity index (χ1) is 10.2. The van der Waals surface area contributed by atoms with Crippen molar-refractivity contribution in [3.63, 3.8) is 0 Å². The van der Waals surface area contributed by atoms with Gasteiger partial charge in [-0.1, -0.05) is 0 Å². The van der Waals surface area contributed by atoms with E-state index in [0.29, 0.717) is 25.4 Å². The first kappa shape index (κ1) is 14.3. The Bertz CT molecular complexity index is 557. The second-order valence-electron chi connectivity index (χ2n) is 5.75. The molecule has 3 heterocycles. The summed E-state index contributed by atoms with van der Waals surface area (Å²) < 4.78 is 11.3. The number of amides is 1. The molecular formula is C15H20N2O4. The third-order valence-electron chi connectivity index (χ3n) is 4.27. The van der Waals surface area contributed by atoms with E-state index in [0.717, 1.165) is 25.7 Å². The van der Waals surface area contributed by atoms with Crippen LogP contribution in [-0.4, -0.2) is 42.4 Å². The molecule has 2 N–H and O–H groups in total. The Labute approximate surface area is 122 Å². The first-order valence-electron chi connectivity index (χ1n) is 7.38. The fraction of sp³-hybridized carbons (Fsp3) is 0.600. The van der Waals surface area contributed by atoms with Gasteiger partial charge in [-0.05, 0) is 31.7 Å². The molecule has 1 amide bonds. The molecule has 1 aromatic rings. The molecule has 1 spiro atoms. The summed E-state index contributed by atoms with van der Waals surface area (Å²) in [6.45, 7) is 2.09. The highest BCUT2D eigenvalue weighted by Crippen LogP contribution is 2.34. The minimum absolute atomic E-state index is 0.0867. The van der Waals surface area contributed by atoms with Crippen LogP contribution >= 0.6 is 0 Å². The summed E-state index contributed by atoms with van der Waals surface area (Å²) in [7, 11) is 0. The van der Waals surface area contributed by atoms with Crippen molar-refractivity contribution in [1.29, 1.82) is 0 Å². The highest BCUT2D eigenvalue weighted by atomic mass is 16.5. The molecule has 0 radical (unpaired) electrons. The highest BCUT2D eigenvalue weighted by molar-refractivity contribution is 5.94. The maximum Gasteiger partial charge on any atom is 0.251 e. The van der Waals surface area contributed by atoms with Gasteiger partial charge in [-0.3, -0.25) is 9.59 Å². The van der Waals surface area contributed by atoms with Crippen LogP contribution in [0.15, 0.2) is 23.1 Å². The van der Waals surface area contributed by atoms with Gasteiger partial charge in [0, 0.05) is 43.7 Å². The summed E-state index contributed by atoms with van der Waals surface area (Å²) in [6, 6.07) is 3.02. The van der Waals surface area contributed by atoms with Gasteiger partial charge in [0.05, 0.1) is 5.60 Å². The fourth-order valence-corrected chi connectivity index (χ4v) is 3.10. The maximum absolute atomic E-state index is 12.2. The molecule has 0 aromatic carbocycles. The summed E-state index contributed by atoms with van der Waals surface area (Å²) in [5.41, 5.74) is -0.0235. The molecule has 1 unspecified atom stereocenters. The van der Waals surface area contributed by atoms with Crippen molar-refractivity contribution < 1.29 is 14.3 Å². The van der Waals surface area contributed by atoms with Crippen molar-refractivity contribution >= 4 is 5.91 Å². The van der Waals surface area contributed by atoms with Crippen LogP contribution in [0.3, 0.4) is 0 Å². The molecule has 21 heavy (non-hydrogen) atoms. The van der Waals surface area contributed by atoms with Crippen molar-refractivity contribution in [2.45, 2.75) is 37.3 Å². The minimum atomic E-state index is -0.268. The highest BCUT2D eigenvalue weighted by Gasteiger charge is 2.39. The van der Waals surface area contributed by atoms with E-state index in [1.165, 1.54) is 12.3 Å². The van der Waals surface area contributed by atoms with E-state index in [-0.39, 0.29) is 23.1 Å². The quantitative estimate of drug-likeness (QED) is 0.846. The van der Waals surface area contributed by atoms with Crippen LogP contribution in [-0.2, 0) is 9.47 Å². The van der Waals surface area contributed by atoms with Gasteiger partial charge in [0.15, 0.2) is 0 Å². The smallest absolute Gasteiger partial charge is 0.251 e. The lowest BCUT2D eigenvalue weighted by Crippen LogP contribution is -2.51. The lowest BCUT2D eigenvalue weighted by Gasteiger charge is -2.43. The Kier molecular flexibility index (Phi) is 4.07. The van der Waals surface area contributed by atoms with Crippen molar-refractivity contribution in [2.75, 3.05) is 19.8 Å². The topological polar surface area (TPSA) is 80.4 Å². The van der Waals surface area contributed by atoms with Crippen LogP contribution in [0.2, 0.25) is 0 Å².